The van der Waals surface area contributed by atoms with E-state index in [4.69, 9.17) is 4.99 Å². The number of nitrogens with zero attached hydrogens (tertiary/aromatic N) is 4. The van der Waals surface area contributed by atoms with E-state index >= 15 is 0 Å². The Balaban J connectivity index is 2.01. The van der Waals surface area contributed by atoms with Gasteiger partial charge in [0.15, 0.2) is 5.82 Å². The van der Waals surface area contributed by atoms with Crippen LogP contribution in [0, 0.1) is 13.8 Å². The number of hydrogen-bond donors (Lipinski definition) is 0. The Morgan fingerprint density at radius 1 is 0.955 bits per heavy atom. The smallest absolute Gasteiger partial charge is 0.159 e. The molecule has 0 atom stereocenters. The third-order valence-corrected chi connectivity index (χ3v) is 3.97. The SMILES string of the molecule is Cc1ccc2c(c1)C(c1ccccc1)=NCc1nnc(C)n1-2. The van der Waals surface area contributed by atoms with Gasteiger partial charge in [-0.25, -0.2) is 0 Å². The average Bonchev–Trinajstić information content (AvgIpc) is 2.82. The van der Waals surface area contributed by atoms with Crippen LogP contribution in [0.4, 0.5) is 0 Å². The summed E-state index contributed by atoms with van der Waals surface area (Å²) in [7, 11) is 0. The van der Waals surface area contributed by atoms with Gasteiger partial charge in [0.05, 0.1) is 11.4 Å². The van der Waals surface area contributed by atoms with Crippen molar-refractivity contribution in [1.29, 1.82) is 0 Å². The molecule has 0 aliphatic carbocycles. The number of aryl methyl sites for hydroxylation is 2. The van der Waals surface area contributed by atoms with E-state index in [0.717, 1.165) is 34.2 Å². The topological polar surface area (TPSA) is 43.1 Å². The van der Waals surface area contributed by atoms with Gasteiger partial charge in [-0.15, -0.1) is 10.2 Å². The lowest BCUT2D eigenvalue weighted by atomic mass is 9.99. The highest BCUT2D eigenvalue weighted by Crippen LogP contribution is 2.26. The van der Waals surface area contributed by atoms with Gasteiger partial charge in [-0.3, -0.25) is 9.56 Å². The van der Waals surface area contributed by atoms with Crippen molar-refractivity contribution in [2.45, 2.75) is 20.4 Å². The first-order valence-corrected chi connectivity index (χ1v) is 7.36. The van der Waals surface area contributed by atoms with Gasteiger partial charge >= 0.3 is 0 Å². The van der Waals surface area contributed by atoms with Crippen LogP contribution in [0.15, 0.2) is 53.5 Å². The highest BCUT2D eigenvalue weighted by molar-refractivity contribution is 6.15. The monoisotopic (exact) mass is 288 g/mol. The maximum absolute atomic E-state index is 4.82. The molecule has 0 radical (unpaired) electrons. The minimum absolute atomic E-state index is 0.540. The second kappa shape index (κ2) is 4.91. The van der Waals surface area contributed by atoms with E-state index in [2.05, 4.69) is 52.0 Å². The fraction of sp³-hybridized carbons (Fsp3) is 0.167. The first kappa shape index (κ1) is 13.0. The molecule has 0 amide bonds. The van der Waals surface area contributed by atoms with Gasteiger partial charge in [-0.05, 0) is 26.0 Å². The molecule has 1 aromatic heterocycles. The molecule has 4 rings (SSSR count). The number of rotatable bonds is 1. The van der Waals surface area contributed by atoms with Gasteiger partial charge in [0.2, 0.25) is 0 Å². The summed E-state index contributed by atoms with van der Waals surface area (Å²) in [5.41, 5.74) is 5.60. The van der Waals surface area contributed by atoms with Crippen LogP contribution in [0.3, 0.4) is 0 Å². The number of hydrogen-bond acceptors (Lipinski definition) is 3. The Morgan fingerprint density at radius 3 is 2.59 bits per heavy atom. The first-order valence-electron chi connectivity index (χ1n) is 7.36. The van der Waals surface area contributed by atoms with E-state index in [1.54, 1.807) is 0 Å². The normalized spacial score (nSPS) is 13.1. The largest absolute Gasteiger partial charge is 0.281 e. The summed E-state index contributed by atoms with van der Waals surface area (Å²) >= 11 is 0. The number of fused-ring (bicyclic) bond motifs is 3. The third-order valence-electron chi connectivity index (χ3n) is 3.97. The van der Waals surface area contributed by atoms with Gasteiger partial charge in [0, 0.05) is 11.1 Å². The molecule has 0 N–H and O–H groups in total. The van der Waals surface area contributed by atoms with Crippen molar-refractivity contribution in [3.05, 3.63) is 76.9 Å². The fourth-order valence-corrected chi connectivity index (χ4v) is 2.93. The quantitative estimate of drug-likeness (QED) is 0.690. The van der Waals surface area contributed by atoms with E-state index in [1.807, 2.05) is 25.1 Å². The molecule has 4 nitrogen and oxygen atoms in total. The van der Waals surface area contributed by atoms with Crippen molar-refractivity contribution in [3.63, 3.8) is 0 Å². The molecular formula is C18H16N4. The standard InChI is InChI=1S/C18H16N4/c1-12-8-9-16-15(10-12)18(14-6-4-3-5-7-14)19-11-17-21-20-13(2)22(16)17/h3-10H,11H2,1-2H3. The van der Waals surface area contributed by atoms with Crippen LogP contribution in [0.1, 0.15) is 28.3 Å². The van der Waals surface area contributed by atoms with Crippen molar-refractivity contribution >= 4 is 5.71 Å². The second-order valence-corrected chi connectivity index (χ2v) is 5.55. The second-order valence-electron chi connectivity index (χ2n) is 5.55. The Labute approximate surface area is 129 Å². The highest BCUT2D eigenvalue weighted by Gasteiger charge is 2.21. The van der Waals surface area contributed by atoms with Crippen LogP contribution in [-0.2, 0) is 6.54 Å². The van der Waals surface area contributed by atoms with E-state index in [9.17, 15) is 0 Å². The molecule has 3 aromatic rings. The van der Waals surface area contributed by atoms with Crippen molar-refractivity contribution < 1.29 is 0 Å². The first-order chi connectivity index (χ1) is 10.7. The Bertz CT molecular complexity index is 875. The summed E-state index contributed by atoms with van der Waals surface area (Å²) in [4.78, 5) is 4.82. The van der Waals surface area contributed by atoms with Crippen LogP contribution in [0.5, 0.6) is 0 Å². The lowest BCUT2D eigenvalue weighted by Crippen LogP contribution is -2.08. The van der Waals surface area contributed by atoms with Gasteiger partial charge in [0.25, 0.3) is 0 Å². The molecule has 22 heavy (non-hydrogen) atoms. The number of benzene rings is 2. The molecule has 0 saturated heterocycles. The summed E-state index contributed by atoms with van der Waals surface area (Å²) in [5.74, 6) is 1.78. The zero-order valence-electron chi connectivity index (χ0n) is 12.6. The molecule has 108 valence electrons. The van der Waals surface area contributed by atoms with E-state index in [0.29, 0.717) is 6.54 Å². The molecule has 0 spiro atoms. The molecule has 2 aromatic carbocycles. The average molecular weight is 288 g/mol. The van der Waals surface area contributed by atoms with Crippen LogP contribution < -0.4 is 0 Å². The minimum Gasteiger partial charge on any atom is -0.281 e. The van der Waals surface area contributed by atoms with Gasteiger partial charge in [-0.1, -0.05) is 42.0 Å². The third kappa shape index (κ3) is 1.96. The van der Waals surface area contributed by atoms with Crippen molar-refractivity contribution in [2.75, 3.05) is 0 Å². The fourth-order valence-electron chi connectivity index (χ4n) is 2.93. The lowest BCUT2D eigenvalue weighted by Gasteiger charge is -2.13. The lowest BCUT2D eigenvalue weighted by molar-refractivity contribution is 0.861. The summed E-state index contributed by atoms with van der Waals surface area (Å²) in [6.07, 6.45) is 0. The van der Waals surface area contributed by atoms with Crippen molar-refractivity contribution in [2.24, 2.45) is 4.99 Å². The van der Waals surface area contributed by atoms with Gasteiger partial charge in [0.1, 0.15) is 12.4 Å². The van der Waals surface area contributed by atoms with Gasteiger partial charge in [-0.2, -0.15) is 0 Å². The van der Waals surface area contributed by atoms with Crippen LogP contribution in [0.2, 0.25) is 0 Å². The number of aliphatic imine (C=N–C) groups is 1. The van der Waals surface area contributed by atoms with Crippen LogP contribution in [0.25, 0.3) is 5.69 Å². The maximum Gasteiger partial charge on any atom is 0.159 e. The minimum atomic E-state index is 0.540. The summed E-state index contributed by atoms with van der Waals surface area (Å²) in [6.45, 7) is 4.63. The zero-order valence-corrected chi connectivity index (χ0v) is 12.6. The summed E-state index contributed by atoms with van der Waals surface area (Å²) in [6, 6.07) is 16.8. The number of aromatic nitrogens is 3. The Morgan fingerprint density at radius 2 is 1.77 bits per heavy atom. The molecule has 0 fully saturated rings. The van der Waals surface area contributed by atoms with Gasteiger partial charge < -0.3 is 0 Å². The molecule has 1 aliphatic heterocycles. The molecule has 2 heterocycles. The molecule has 0 bridgehead atoms. The van der Waals surface area contributed by atoms with Crippen LogP contribution in [-0.4, -0.2) is 20.5 Å². The Hall–Kier alpha value is -2.75. The Kier molecular flexibility index (Phi) is 2.89. The highest BCUT2D eigenvalue weighted by atomic mass is 15.3. The predicted molar refractivity (Wildman–Crippen MR) is 86.6 cm³/mol. The summed E-state index contributed by atoms with van der Waals surface area (Å²) < 4.78 is 2.11. The van der Waals surface area contributed by atoms with Crippen molar-refractivity contribution in [1.82, 2.24) is 14.8 Å². The molecule has 0 saturated carbocycles. The molecule has 0 unspecified atom stereocenters. The van der Waals surface area contributed by atoms with E-state index in [-0.39, 0.29) is 0 Å². The molecular weight excluding hydrogens is 272 g/mol. The van der Waals surface area contributed by atoms with E-state index < -0.39 is 0 Å². The zero-order chi connectivity index (χ0) is 15.1. The van der Waals surface area contributed by atoms with Crippen molar-refractivity contribution in [3.8, 4) is 5.69 Å². The maximum atomic E-state index is 4.82. The summed E-state index contributed by atoms with van der Waals surface area (Å²) in [5, 5.41) is 8.47. The van der Waals surface area contributed by atoms with Crippen LogP contribution >= 0.6 is 0 Å². The molecule has 4 heteroatoms. The molecule has 1 aliphatic rings. The predicted octanol–water partition coefficient (Wildman–Crippen LogP) is 3.24. The van der Waals surface area contributed by atoms with E-state index in [1.165, 1.54) is 5.56 Å².